The van der Waals surface area contributed by atoms with Crippen LogP contribution < -0.4 is 15.5 Å². The van der Waals surface area contributed by atoms with Crippen molar-refractivity contribution in [1.29, 1.82) is 10.7 Å². The van der Waals surface area contributed by atoms with Crippen molar-refractivity contribution in [3.8, 4) is 17.2 Å². The maximum absolute atomic E-state index is 13.5. The second-order valence-corrected chi connectivity index (χ2v) is 8.96. The molecule has 0 saturated carbocycles. The minimum Gasteiger partial charge on any atom is -0.399 e. The molecule has 34 heavy (non-hydrogen) atoms. The summed E-state index contributed by atoms with van der Waals surface area (Å²) in [5, 5.41) is 17.9. The molecule has 0 amide bonds. The molecule has 1 atom stereocenters. The summed E-state index contributed by atoms with van der Waals surface area (Å²) in [4.78, 5) is 3.31. The fourth-order valence-corrected chi connectivity index (χ4v) is 4.82. The van der Waals surface area contributed by atoms with Crippen LogP contribution >= 0.6 is 12.6 Å². The van der Waals surface area contributed by atoms with Gasteiger partial charge in [-0.15, -0.1) is 12.6 Å². The predicted octanol–water partition coefficient (Wildman–Crippen LogP) is 6.12. The fourth-order valence-electron chi connectivity index (χ4n) is 4.15. The van der Waals surface area contributed by atoms with Crippen LogP contribution in [0, 0.1) is 16.7 Å². The number of thiol groups is 1. The number of alkyl halides is 3. The topological polar surface area (TPSA) is 80.1 Å². The van der Waals surface area contributed by atoms with Gasteiger partial charge in [0.15, 0.2) is 5.50 Å². The van der Waals surface area contributed by atoms with E-state index in [1.165, 1.54) is 11.0 Å². The maximum Gasteiger partial charge on any atom is 0.417 e. The van der Waals surface area contributed by atoms with Gasteiger partial charge in [-0.2, -0.15) is 18.4 Å². The highest BCUT2D eigenvalue weighted by atomic mass is 32.1. The first-order valence-corrected chi connectivity index (χ1v) is 10.9. The zero-order valence-corrected chi connectivity index (χ0v) is 19.3. The molecule has 0 aromatic heterocycles. The Morgan fingerprint density at radius 1 is 0.971 bits per heavy atom. The van der Waals surface area contributed by atoms with Crippen molar-refractivity contribution in [2.75, 3.05) is 15.5 Å². The predicted molar refractivity (Wildman–Crippen MR) is 132 cm³/mol. The maximum atomic E-state index is 13.5. The lowest BCUT2D eigenvalue weighted by Crippen LogP contribution is -2.44. The number of nitrogens with zero attached hydrogens (tertiary/aromatic N) is 3. The van der Waals surface area contributed by atoms with Gasteiger partial charge in [-0.05, 0) is 67.4 Å². The Morgan fingerprint density at radius 2 is 1.50 bits per heavy atom. The Morgan fingerprint density at radius 3 is 2.03 bits per heavy atom. The summed E-state index contributed by atoms with van der Waals surface area (Å²) in [7, 11) is 0. The van der Waals surface area contributed by atoms with Gasteiger partial charge < -0.3 is 10.6 Å². The van der Waals surface area contributed by atoms with Gasteiger partial charge in [0.1, 0.15) is 5.84 Å². The van der Waals surface area contributed by atoms with Gasteiger partial charge in [0, 0.05) is 17.1 Å². The first-order valence-electron chi connectivity index (χ1n) is 10.4. The minimum atomic E-state index is -4.69. The van der Waals surface area contributed by atoms with E-state index in [0.717, 1.165) is 28.9 Å². The summed E-state index contributed by atoms with van der Waals surface area (Å²) in [6.45, 7) is 3.64. The number of nitrogen functional groups attached to an aromatic ring is 1. The van der Waals surface area contributed by atoms with Gasteiger partial charge in [-0.1, -0.05) is 24.3 Å². The lowest BCUT2D eigenvalue weighted by Gasteiger charge is -2.34. The molecule has 3 aromatic rings. The van der Waals surface area contributed by atoms with Crippen LogP contribution in [0.1, 0.15) is 25.0 Å². The number of amidine groups is 1. The molecule has 1 unspecified atom stereocenters. The van der Waals surface area contributed by atoms with Gasteiger partial charge in [-0.3, -0.25) is 10.3 Å². The molecule has 1 aliphatic rings. The number of halogens is 3. The number of nitrogens with two attached hydrogens (primary N) is 1. The summed E-state index contributed by atoms with van der Waals surface area (Å²) in [6, 6.07) is 20.2. The number of benzene rings is 3. The summed E-state index contributed by atoms with van der Waals surface area (Å²) in [5.41, 5.74) is 6.22. The summed E-state index contributed by atoms with van der Waals surface area (Å²) in [5.74, 6) is 0.0907. The SMILES string of the molecule is CC1(C)C(=N)N(c2ccc(C#N)c(C(F)(F)F)c2)C(S)N1c1ccc(-c2ccc(N)cc2)cc1. The molecule has 1 heterocycles. The highest BCUT2D eigenvalue weighted by Gasteiger charge is 2.49. The molecule has 9 heteroatoms. The molecule has 4 rings (SSSR count). The molecule has 0 radical (unpaired) electrons. The molecule has 1 aliphatic heterocycles. The molecule has 1 fully saturated rings. The van der Waals surface area contributed by atoms with Gasteiger partial charge in [0.2, 0.25) is 0 Å². The van der Waals surface area contributed by atoms with Crippen LogP contribution in [-0.2, 0) is 6.18 Å². The third-order valence-electron chi connectivity index (χ3n) is 5.98. The molecule has 0 bridgehead atoms. The number of hydrogen-bond acceptors (Lipinski definition) is 5. The molecular weight excluding hydrogens is 459 g/mol. The van der Waals surface area contributed by atoms with E-state index >= 15 is 0 Å². The van der Waals surface area contributed by atoms with Crippen molar-refractivity contribution in [1.82, 2.24) is 0 Å². The van der Waals surface area contributed by atoms with Gasteiger partial charge in [-0.25, -0.2) is 0 Å². The minimum absolute atomic E-state index is 0.0907. The first-order chi connectivity index (χ1) is 15.9. The van der Waals surface area contributed by atoms with E-state index in [-0.39, 0.29) is 11.5 Å². The molecule has 3 N–H and O–H groups in total. The second-order valence-electron chi connectivity index (χ2n) is 8.50. The largest absolute Gasteiger partial charge is 0.417 e. The normalized spacial score (nSPS) is 17.7. The fraction of sp³-hybridized carbons (Fsp3) is 0.200. The van der Waals surface area contributed by atoms with E-state index in [4.69, 9.17) is 29.0 Å². The van der Waals surface area contributed by atoms with Crippen molar-refractivity contribution in [3.63, 3.8) is 0 Å². The van der Waals surface area contributed by atoms with E-state index in [9.17, 15) is 13.2 Å². The van der Waals surface area contributed by atoms with Crippen molar-refractivity contribution in [2.24, 2.45) is 0 Å². The quantitative estimate of drug-likeness (QED) is 0.311. The van der Waals surface area contributed by atoms with E-state index in [0.29, 0.717) is 5.69 Å². The summed E-state index contributed by atoms with van der Waals surface area (Å²) in [6.07, 6.45) is -4.69. The van der Waals surface area contributed by atoms with Crippen LogP contribution in [0.5, 0.6) is 0 Å². The smallest absolute Gasteiger partial charge is 0.399 e. The number of hydrogen-bond donors (Lipinski definition) is 3. The van der Waals surface area contributed by atoms with E-state index in [1.54, 1.807) is 6.07 Å². The Kier molecular flexibility index (Phi) is 5.74. The summed E-state index contributed by atoms with van der Waals surface area (Å²) >= 11 is 4.69. The van der Waals surface area contributed by atoms with Gasteiger partial charge in [0.25, 0.3) is 0 Å². The zero-order chi connectivity index (χ0) is 24.8. The van der Waals surface area contributed by atoms with Crippen molar-refractivity contribution in [2.45, 2.75) is 31.1 Å². The molecule has 3 aromatic carbocycles. The number of rotatable bonds is 3. The van der Waals surface area contributed by atoms with Gasteiger partial charge in [0.05, 0.1) is 22.7 Å². The highest BCUT2D eigenvalue weighted by molar-refractivity contribution is 7.81. The number of nitrogens with one attached hydrogen (secondary N) is 1. The van der Waals surface area contributed by atoms with Crippen LogP contribution in [0.2, 0.25) is 0 Å². The lowest BCUT2D eigenvalue weighted by molar-refractivity contribution is -0.137. The molecule has 0 spiro atoms. The zero-order valence-electron chi connectivity index (χ0n) is 18.4. The highest BCUT2D eigenvalue weighted by Crippen LogP contribution is 2.42. The van der Waals surface area contributed by atoms with Gasteiger partial charge >= 0.3 is 6.18 Å². The van der Waals surface area contributed by atoms with Crippen molar-refractivity contribution < 1.29 is 13.2 Å². The molecule has 5 nitrogen and oxygen atoms in total. The molecule has 0 aliphatic carbocycles. The third-order valence-corrected chi connectivity index (χ3v) is 6.44. The van der Waals surface area contributed by atoms with E-state index in [1.807, 2.05) is 67.3 Å². The molecular formula is C25H22F3N5S. The molecule has 1 saturated heterocycles. The standard InChI is InChI=1S/C25H22F3N5S/c1-24(2)22(31)32(20-12-7-17(14-29)21(13-20)25(26,27)28)23(34)33(24)19-10-5-16(6-11-19)15-3-8-18(30)9-4-15/h3-13,23,31,34H,30H2,1-2H3. The summed E-state index contributed by atoms with van der Waals surface area (Å²) < 4.78 is 40.6. The average Bonchev–Trinajstić information content (AvgIpc) is 2.97. The van der Waals surface area contributed by atoms with Crippen LogP contribution in [0.3, 0.4) is 0 Å². The van der Waals surface area contributed by atoms with Crippen molar-refractivity contribution in [3.05, 3.63) is 77.9 Å². The van der Waals surface area contributed by atoms with Crippen LogP contribution in [0.15, 0.2) is 66.7 Å². The Balaban J connectivity index is 1.71. The van der Waals surface area contributed by atoms with Crippen LogP contribution in [0.25, 0.3) is 11.1 Å². The number of nitriles is 1. The Bertz CT molecular complexity index is 1280. The van der Waals surface area contributed by atoms with E-state index < -0.39 is 28.3 Å². The Labute approximate surface area is 201 Å². The monoisotopic (exact) mass is 481 g/mol. The van der Waals surface area contributed by atoms with Crippen molar-refractivity contribution >= 4 is 35.5 Å². The van der Waals surface area contributed by atoms with Crippen LogP contribution in [0.4, 0.5) is 30.2 Å². The van der Waals surface area contributed by atoms with E-state index in [2.05, 4.69) is 0 Å². The Hall–Kier alpha value is -3.64. The average molecular weight is 482 g/mol. The van der Waals surface area contributed by atoms with Crippen LogP contribution in [-0.4, -0.2) is 16.9 Å². The second kappa shape index (κ2) is 8.29. The first kappa shape index (κ1) is 23.5. The lowest BCUT2D eigenvalue weighted by atomic mass is 10.0. The molecule has 174 valence electrons. The number of anilines is 3. The third kappa shape index (κ3) is 3.94.